The summed E-state index contributed by atoms with van der Waals surface area (Å²) in [4.78, 5) is 3.61. The Morgan fingerprint density at radius 1 is 1.00 bits per heavy atom. The molecule has 1 aliphatic rings. The smallest absolute Gasteiger partial charge is 0.0477 e. The fraction of sp³-hybridized carbons (Fsp3) is 0.111. The molecule has 20 heavy (non-hydrogen) atoms. The first kappa shape index (κ1) is 10.7. The van der Waals surface area contributed by atoms with E-state index in [1.807, 2.05) is 11.3 Å². The summed E-state index contributed by atoms with van der Waals surface area (Å²) in [5, 5.41) is 4.18. The van der Waals surface area contributed by atoms with Crippen molar-refractivity contribution in [2.24, 2.45) is 0 Å². The van der Waals surface area contributed by atoms with Crippen LogP contribution >= 0.6 is 11.3 Å². The van der Waals surface area contributed by atoms with Gasteiger partial charge in [0.1, 0.15) is 0 Å². The molecule has 2 heteroatoms. The number of aryl methyl sites for hydroxylation is 1. The van der Waals surface area contributed by atoms with Crippen molar-refractivity contribution < 1.29 is 0 Å². The average molecular weight is 275 g/mol. The molecular formula is C18H13NS. The van der Waals surface area contributed by atoms with Gasteiger partial charge in [0, 0.05) is 42.3 Å². The molecule has 4 aromatic rings. The zero-order chi connectivity index (χ0) is 13.1. The monoisotopic (exact) mass is 275 g/mol. The summed E-state index contributed by atoms with van der Waals surface area (Å²) in [7, 11) is 0. The van der Waals surface area contributed by atoms with Gasteiger partial charge in [0.05, 0.1) is 0 Å². The molecule has 5 rings (SSSR count). The van der Waals surface area contributed by atoms with Gasteiger partial charge >= 0.3 is 0 Å². The zero-order valence-corrected chi connectivity index (χ0v) is 11.8. The molecular weight excluding hydrogens is 262 g/mol. The van der Waals surface area contributed by atoms with Gasteiger partial charge in [-0.3, -0.25) is 0 Å². The highest BCUT2D eigenvalue weighted by Crippen LogP contribution is 2.41. The number of thiophene rings is 1. The van der Waals surface area contributed by atoms with Crippen LogP contribution in [0.4, 0.5) is 0 Å². The number of H-pyrrole nitrogens is 1. The highest BCUT2D eigenvalue weighted by atomic mass is 32.1. The van der Waals surface area contributed by atoms with Crippen LogP contribution in [0.2, 0.25) is 0 Å². The Bertz CT molecular complexity index is 1000. The van der Waals surface area contributed by atoms with Crippen LogP contribution in [0.3, 0.4) is 0 Å². The Labute approximate surface area is 120 Å². The van der Waals surface area contributed by atoms with Crippen molar-refractivity contribution >= 4 is 48.5 Å². The van der Waals surface area contributed by atoms with Crippen LogP contribution in [0.25, 0.3) is 37.2 Å². The third-order valence-electron chi connectivity index (χ3n) is 4.27. The molecule has 0 saturated heterocycles. The fourth-order valence-corrected chi connectivity index (χ4v) is 4.62. The van der Waals surface area contributed by atoms with E-state index in [2.05, 4.69) is 53.5 Å². The third kappa shape index (κ3) is 1.27. The highest BCUT2D eigenvalue weighted by Gasteiger charge is 2.16. The van der Waals surface area contributed by atoms with E-state index in [9.17, 15) is 0 Å². The molecule has 1 N–H and O–H groups in total. The Morgan fingerprint density at radius 3 is 2.95 bits per heavy atom. The topological polar surface area (TPSA) is 15.8 Å². The maximum absolute atomic E-state index is 3.61. The van der Waals surface area contributed by atoms with E-state index < -0.39 is 0 Å². The minimum atomic E-state index is 1.13. The number of aromatic nitrogens is 1. The summed E-state index contributed by atoms with van der Waals surface area (Å²) in [5.74, 6) is 0. The van der Waals surface area contributed by atoms with Crippen LogP contribution < -0.4 is 0 Å². The summed E-state index contributed by atoms with van der Waals surface area (Å²) in [6, 6.07) is 13.2. The molecule has 1 aliphatic carbocycles. The number of benzene rings is 2. The van der Waals surface area contributed by atoms with Crippen LogP contribution in [0, 0.1) is 0 Å². The summed E-state index contributed by atoms with van der Waals surface area (Å²) in [5.41, 5.74) is 4.08. The first-order valence-electron chi connectivity index (χ1n) is 7.03. The molecule has 96 valence electrons. The van der Waals surface area contributed by atoms with E-state index in [1.165, 1.54) is 42.3 Å². The first-order chi connectivity index (χ1) is 9.92. The maximum atomic E-state index is 3.61. The summed E-state index contributed by atoms with van der Waals surface area (Å²) in [6.45, 7) is 0. The van der Waals surface area contributed by atoms with Gasteiger partial charge in [0.25, 0.3) is 0 Å². The molecule has 0 bridgehead atoms. The van der Waals surface area contributed by atoms with Gasteiger partial charge < -0.3 is 4.98 Å². The van der Waals surface area contributed by atoms with Gasteiger partial charge in [0.2, 0.25) is 0 Å². The summed E-state index contributed by atoms with van der Waals surface area (Å²) >= 11 is 1.91. The standard InChI is InChI=1S/C18H13NS/c1-3-7-14-13(6-1)17-15(19-14)10-9-12-11-5-2-4-8-16(11)20-18(12)17/h1-2,4-6,8-10,19H,3,7H2. The second kappa shape index (κ2) is 3.74. The molecule has 2 aromatic heterocycles. The van der Waals surface area contributed by atoms with Gasteiger partial charge in [-0.2, -0.15) is 0 Å². The Morgan fingerprint density at radius 2 is 1.95 bits per heavy atom. The molecule has 0 amide bonds. The van der Waals surface area contributed by atoms with Crippen molar-refractivity contribution in [1.29, 1.82) is 0 Å². The predicted molar refractivity (Wildman–Crippen MR) is 88.5 cm³/mol. The normalized spacial score (nSPS) is 14.4. The van der Waals surface area contributed by atoms with Crippen molar-refractivity contribution in [1.82, 2.24) is 4.98 Å². The number of nitrogens with one attached hydrogen (secondary N) is 1. The van der Waals surface area contributed by atoms with E-state index in [0.717, 1.165) is 12.8 Å². The van der Waals surface area contributed by atoms with Crippen molar-refractivity contribution in [3.05, 3.63) is 53.7 Å². The molecule has 2 heterocycles. The second-order valence-electron chi connectivity index (χ2n) is 5.42. The van der Waals surface area contributed by atoms with E-state index in [0.29, 0.717) is 0 Å². The molecule has 0 fully saturated rings. The number of fused-ring (bicyclic) bond motifs is 7. The molecule has 0 aliphatic heterocycles. The molecule has 0 unspecified atom stereocenters. The molecule has 1 nitrogen and oxygen atoms in total. The van der Waals surface area contributed by atoms with Crippen molar-refractivity contribution in [3.63, 3.8) is 0 Å². The number of allylic oxidation sites excluding steroid dienone is 1. The number of aromatic amines is 1. The maximum Gasteiger partial charge on any atom is 0.0477 e. The zero-order valence-electron chi connectivity index (χ0n) is 10.9. The van der Waals surface area contributed by atoms with Gasteiger partial charge in [-0.05, 0) is 25.0 Å². The molecule has 2 aromatic carbocycles. The van der Waals surface area contributed by atoms with Crippen LogP contribution in [0.15, 0.2) is 42.5 Å². The molecule has 0 radical (unpaired) electrons. The minimum absolute atomic E-state index is 1.13. The predicted octanol–water partition coefficient (Wildman–Crippen LogP) is 5.50. The van der Waals surface area contributed by atoms with Crippen LogP contribution in [-0.4, -0.2) is 4.98 Å². The lowest BCUT2D eigenvalue weighted by atomic mass is 10.0. The van der Waals surface area contributed by atoms with Gasteiger partial charge in [0.15, 0.2) is 0 Å². The van der Waals surface area contributed by atoms with Crippen molar-refractivity contribution in [3.8, 4) is 0 Å². The Kier molecular flexibility index (Phi) is 2.00. The minimum Gasteiger partial charge on any atom is -0.358 e. The Hall–Kier alpha value is -2.06. The third-order valence-corrected chi connectivity index (χ3v) is 5.48. The van der Waals surface area contributed by atoms with Crippen LogP contribution in [-0.2, 0) is 6.42 Å². The largest absolute Gasteiger partial charge is 0.358 e. The number of hydrogen-bond donors (Lipinski definition) is 1. The number of rotatable bonds is 0. The average Bonchev–Trinajstić information content (AvgIpc) is 3.04. The lowest BCUT2D eigenvalue weighted by Crippen LogP contribution is -1.90. The molecule has 0 atom stereocenters. The first-order valence-corrected chi connectivity index (χ1v) is 7.85. The summed E-state index contributed by atoms with van der Waals surface area (Å²) in [6.07, 6.45) is 6.87. The van der Waals surface area contributed by atoms with Crippen LogP contribution in [0.5, 0.6) is 0 Å². The summed E-state index contributed by atoms with van der Waals surface area (Å²) < 4.78 is 2.80. The molecule has 0 saturated carbocycles. The van der Waals surface area contributed by atoms with Gasteiger partial charge in [-0.1, -0.05) is 36.4 Å². The van der Waals surface area contributed by atoms with E-state index in [4.69, 9.17) is 0 Å². The molecule has 0 spiro atoms. The van der Waals surface area contributed by atoms with E-state index in [1.54, 1.807) is 0 Å². The van der Waals surface area contributed by atoms with Crippen molar-refractivity contribution in [2.75, 3.05) is 0 Å². The van der Waals surface area contributed by atoms with Gasteiger partial charge in [-0.25, -0.2) is 0 Å². The lowest BCUT2D eigenvalue weighted by Gasteiger charge is -2.03. The SMILES string of the molecule is C1=Cc2c([nH]c3ccc4c5ccccc5sc4c23)CC1. The van der Waals surface area contributed by atoms with Crippen molar-refractivity contribution in [2.45, 2.75) is 12.8 Å². The lowest BCUT2D eigenvalue weighted by molar-refractivity contribution is 0.951. The van der Waals surface area contributed by atoms with E-state index in [-0.39, 0.29) is 0 Å². The fourth-order valence-electron chi connectivity index (χ4n) is 3.35. The number of hydrogen-bond acceptors (Lipinski definition) is 1. The quantitative estimate of drug-likeness (QED) is 0.436. The van der Waals surface area contributed by atoms with E-state index >= 15 is 0 Å². The van der Waals surface area contributed by atoms with Crippen LogP contribution in [0.1, 0.15) is 17.7 Å². The Balaban J connectivity index is 2.05. The second-order valence-corrected chi connectivity index (χ2v) is 6.47. The highest BCUT2D eigenvalue weighted by molar-refractivity contribution is 7.26. The van der Waals surface area contributed by atoms with Gasteiger partial charge in [-0.15, -0.1) is 11.3 Å².